The maximum atomic E-state index is 5.77. The lowest BCUT2D eigenvalue weighted by Crippen LogP contribution is -2.15. The molecule has 0 heterocycles. The van der Waals surface area contributed by atoms with Gasteiger partial charge in [0.1, 0.15) is 0 Å². The maximum absolute atomic E-state index is 5.77. The van der Waals surface area contributed by atoms with E-state index in [1.165, 1.54) is 10.6 Å². The van der Waals surface area contributed by atoms with Gasteiger partial charge in [-0.1, -0.05) is 43.5 Å². The van der Waals surface area contributed by atoms with Crippen LogP contribution in [0, 0.1) is 0 Å². The van der Waals surface area contributed by atoms with Crippen molar-refractivity contribution in [2.75, 3.05) is 6.61 Å². The van der Waals surface area contributed by atoms with E-state index >= 15 is 0 Å². The van der Waals surface area contributed by atoms with Gasteiger partial charge in [-0.3, -0.25) is 0 Å². The Bertz CT molecular complexity index is 108. The molecule has 0 fully saturated rings. The van der Waals surface area contributed by atoms with Crippen molar-refractivity contribution >= 4 is 14.5 Å². The fourth-order valence-corrected chi connectivity index (χ4v) is 2.63. The van der Waals surface area contributed by atoms with Gasteiger partial charge in [0.15, 0.2) is 0 Å². The molecule has 0 radical (unpaired) electrons. The monoisotopic (exact) mass is 184 g/mol. The smallest absolute Gasteiger partial charge is 0.460 e. The van der Waals surface area contributed by atoms with Crippen molar-refractivity contribution in [3.63, 3.8) is 0 Å². The van der Waals surface area contributed by atoms with Crippen LogP contribution in [-0.2, 0) is 3.79 Å². The van der Waals surface area contributed by atoms with Crippen LogP contribution in [0.4, 0.5) is 0 Å². The van der Waals surface area contributed by atoms with E-state index in [4.69, 9.17) is 3.79 Å². The standard InChI is InChI=1S/C6H11O.2C2H5.Al/c1-2-3-4-5-6-7;2*1-2;/h3-4H,2,5-6H2,1H3;2*1H2,2H3;/q-1;;;+1/b4-3+;;;. The molecule has 0 aliphatic carbocycles. The molecule has 70 valence electrons. The summed E-state index contributed by atoms with van der Waals surface area (Å²) in [4.78, 5) is 0. The molecule has 2 heteroatoms. The van der Waals surface area contributed by atoms with Gasteiger partial charge in [-0.05, 0) is 12.8 Å². The van der Waals surface area contributed by atoms with Crippen LogP contribution < -0.4 is 0 Å². The van der Waals surface area contributed by atoms with Crippen LogP contribution in [-0.4, -0.2) is 21.1 Å². The third kappa shape index (κ3) is 6.91. The minimum Gasteiger partial charge on any atom is -0.500 e. The molecule has 0 saturated heterocycles. The molecule has 0 N–H and O–H groups in total. The molecule has 0 saturated carbocycles. The van der Waals surface area contributed by atoms with Crippen LogP contribution in [0.5, 0.6) is 0 Å². The summed E-state index contributed by atoms with van der Waals surface area (Å²) in [6.45, 7) is 7.58. The van der Waals surface area contributed by atoms with Gasteiger partial charge in [-0.25, -0.2) is 0 Å². The topological polar surface area (TPSA) is 9.23 Å². The molecule has 0 aromatic carbocycles. The van der Waals surface area contributed by atoms with Crippen molar-refractivity contribution in [1.29, 1.82) is 0 Å². The van der Waals surface area contributed by atoms with E-state index < -0.39 is 14.5 Å². The lowest BCUT2D eigenvalue weighted by Gasteiger charge is -2.07. The van der Waals surface area contributed by atoms with Crippen molar-refractivity contribution in [3.05, 3.63) is 12.2 Å². The average Bonchev–Trinajstić information content (AvgIpc) is 2.11. The van der Waals surface area contributed by atoms with Crippen LogP contribution in [0.2, 0.25) is 10.6 Å². The van der Waals surface area contributed by atoms with E-state index in [1.807, 2.05) is 0 Å². The zero-order valence-corrected chi connectivity index (χ0v) is 9.83. The molecule has 0 rings (SSSR count). The minimum absolute atomic E-state index is 0.778. The summed E-state index contributed by atoms with van der Waals surface area (Å²) in [6.07, 6.45) is 6.66. The van der Waals surface area contributed by atoms with Crippen molar-refractivity contribution in [1.82, 2.24) is 0 Å². The predicted molar refractivity (Wildman–Crippen MR) is 56.7 cm³/mol. The molecule has 0 amide bonds. The van der Waals surface area contributed by atoms with E-state index in [-0.39, 0.29) is 0 Å². The van der Waals surface area contributed by atoms with E-state index in [1.54, 1.807) is 0 Å². The molecule has 0 aromatic heterocycles. The number of allylic oxidation sites excluding steroid dienone is 1. The predicted octanol–water partition coefficient (Wildman–Crippen LogP) is 3.39. The first-order chi connectivity index (χ1) is 5.85. The maximum Gasteiger partial charge on any atom is 0.460 e. The van der Waals surface area contributed by atoms with E-state index in [0.717, 1.165) is 19.4 Å². The molecular weight excluding hydrogens is 163 g/mol. The van der Waals surface area contributed by atoms with Gasteiger partial charge in [0, 0.05) is 6.61 Å². The van der Waals surface area contributed by atoms with Crippen LogP contribution in [0.3, 0.4) is 0 Å². The lowest BCUT2D eigenvalue weighted by molar-refractivity contribution is 0.327. The SMILES string of the molecule is CC/C=C/CC[O][Al]([CH2]C)[CH2]C. The fourth-order valence-electron chi connectivity index (χ4n) is 1.11. The Hall–Kier alpha value is 0.232. The van der Waals surface area contributed by atoms with E-state index in [2.05, 4.69) is 32.9 Å². The molecule has 0 aliphatic rings. The third-order valence-electron chi connectivity index (χ3n) is 1.95. The molecule has 0 bridgehead atoms. The summed E-state index contributed by atoms with van der Waals surface area (Å²) in [5.41, 5.74) is 0. The second-order valence-corrected chi connectivity index (χ2v) is 6.19. The summed E-state index contributed by atoms with van der Waals surface area (Å²) in [5, 5.41) is 2.54. The van der Waals surface area contributed by atoms with Gasteiger partial charge in [0.25, 0.3) is 0 Å². The van der Waals surface area contributed by atoms with Crippen LogP contribution >= 0.6 is 0 Å². The first-order valence-corrected chi connectivity index (χ1v) is 7.22. The Morgan fingerprint density at radius 1 is 1.08 bits per heavy atom. The summed E-state index contributed by atoms with van der Waals surface area (Å²) in [7, 11) is 0. The highest BCUT2D eigenvalue weighted by Gasteiger charge is 2.13. The molecule has 0 aromatic rings. The average molecular weight is 184 g/mol. The Kier molecular flexibility index (Phi) is 9.50. The van der Waals surface area contributed by atoms with Gasteiger partial charge >= 0.3 is 14.5 Å². The number of hydrogen-bond acceptors (Lipinski definition) is 1. The third-order valence-corrected chi connectivity index (χ3v) is 4.48. The van der Waals surface area contributed by atoms with Gasteiger partial charge in [0.05, 0.1) is 0 Å². The summed E-state index contributed by atoms with van der Waals surface area (Å²) < 4.78 is 5.77. The molecule has 0 atom stereocenters. The summed E-state index contributed by atoms with van der Waals surface area (Å²) in [6, 6.07) is 0. The lowest BCUT2D eigenvalue weighted by atomic mass is 10.3. The fraction of sp³-hybridized carbons (Fsp3) is 0.800. The largest absolute Gasteiger partial charge is 0.500 e. The van der Waals surface area contributed by atoms with Crippen molar-refractivity contribution in [2.45, 2.75) is 44.2 Å². The second kappa shape index (κ2) is 9.32. The van der Waals surface area contributed by atoms with E-state index in [0.29, 0.717) is 0 Å². The van der Waals surface area contributed by atoms with Crippen molar-refractivity contribution in [2.24, 2.45) is 0 Å². The molecular formula is C10H21AlO. The Morgan fingerprint density at radius 3 is 2.25 bits per heavy atom. The number of hydrogen-bond donors (Lipinski definition) is 0. The Labute approximate surface area is 81.5 Å². The van der Waals surface area contributed by atoms with Gasteiger partial charge in [0.2, 0.25) is 0 Å². The molecule has 0 aliphatic heterocycles. The molecule has 12 heavy (non-hydrogen) atoms. The second-order valence-electron chi connectivity index (χ2n) is 2.98. The zero-order valence-electron chi connectivity index (χ0n) is 8.68. The number of rotatable bonds is 7. The molecule has 0 spiro atoms. The van der Waals surface area contributed by atoms with Crippen LogP contribution in [0.15, 0.2) is 12.2 Å². The Morgan fingerprint density at radius 2 is 1.75 bits per heavy atom. The molecule has 1 nitrogen and oxygen atoms in total. The van der Waals surface area contributed by atoms with Gasteiger partial charge < -0.3 is 3.79 Å². The van der Waals surface area contributed by atoms with Crippen LogP contribution in [0.1, 0.15) is 33.6 Å². The zero-order chi connectivity index (χ0) is 9.23. The first kappa shape index (κ1) is 12.2. The summed E-state index contributed by atoms with van der Waals surface area (Å²) >= 11 is -0.778. The highest BCUT2D eigenvalue weighted by Crippen LogP contribution is 2.00. The minimum atomic E-state index is -0.778. The van der Waals surface area contributed by atoms with Crippen molar-refractivity contribution in [3.8, 4) is 0 Å². The highest BCUT2D eigenvalue weighted by molar-refractivity contribution is 6.51. The molecule has 0 unspecified atom stereocenters. The van der Waals surface area contributed by atoms with Crippen LogP contribution in [0.25, 0.3) is 0 Å². The van der Waals surface area contributed by atoms with Gasteiger partial charge in [-0.2, -0.15) is 0 Å². The Balaban J connectivity index is 3.23. The highest BCUT2D eigenvalue weighted by atomic mass is 27.2. The summed E-state index contributed by atoms with van der Waals surface area (Å²) in [5.74, 6) is 0. The normalized spacial score (nSPS) is 10.9. The van der Waals surface area contributed by atoms with Crippen molar-refractivity contribution < 1.29 is 3.79 Å². The van der Waals surface area contributed by atoms with E-state index in [9.17, 15) is 0 Å². The van der Waals surface area contributed by atoms with Gasteiger partial charge in [-0.15, -0.1) is 0 Å². The first-order valence-electron chi connectivity index (χ1n) is 5.11. The quantitative estimate of drug-likeness (QED) is 0.335.